The number of hydrogen-bond donors (Lipinski definition) is 2. The van der Waals surface area contributed by atoms with Crippen LogP contribution in [0, 0.1) is 11.8 Å². The molecular formula is C27H28Cl2N6O2. The molecule has 192 valence electrons. The maximum absolute atomic E-state index is 12.8. The Morgan fingerprint density at radius 3 is 2.49 bits per heavy atom. The topological polar surface area (TPSA) is 100 Å². The van der Waals surface area contributed by atoms with Crippen LogP contribution in [0.3, 0.4) is 0 Å². The van der Waals surface area contributed by atoms with Gasteiger partial charge in [0.1, 0.15) is 6.61 Å². The van der Waals surface area contributed by atoms with Crippen molar-refractivity contribution in [1.82, 2.24) is 25.2 Å². The summed E-state index contributed by atoms with van der Waals surface area (Å²) in [5.41, 5.74) is 13.1. The molecule has 2 aromatic carbocycles. The number of likely N-dealkylation sites (tertiary alicyclic amines) is 2. The number of carbonyl (C=O) groups is 1. The minimum atomic E-state index is -0.291. The molecule has 1 aliphatic carbocycles. The lowest BCUT2D eigenvalue weighted by Crippen LogP contribution is -2.35. The number of benzene rings is 2. The first-order chi connectivity index (χ1) is 18.0. The van der Waals surface area contributed by atoms with E-state index in [1.165, 1.54) is 22.3 Å². The fourth-order valence-electron chi connectivity index (χ4n) is 6.21. The molecule has 2 aliphatic heterocycles. The molecule has 0 spiro atoms. The van der Waals surface area contributed by atoms with E-state index in [2.05, 4.69) is 44.6 Å². The molecule has 1 unspecified atom stereocenters. The van der Waals surface area contributed by atoms with Gasteiger partial charge in [0.2, 0.25) is 0 Å². The molecule has 2 saturated heterocycles. The Labute approximate surface area is 225 Å². The van der Waals surface area contributed by atoms with E-state index in [-0.39, 0.29) is 18.7 Å². The molecule has 8 nitrogen and oxygen atoms in total. The fraction of sp³-hybridized carbons (Fsp3) is 0.370. The average molecular weight is 539 g/mol. The molecule has 2 fully saturated rings. The highest BCUT2D eigenvalue weighted by Crippen LogP contribution is 2.47. The summed E-state index contributed by atoms with van der Waals surface area (Å²) in [6, 6.07) is 13.9. The largest absolute Gasteiger partial charge is 0.445 e. The molecule has 3 heterocycles. The summed E-state index contributed by atoms with van der Waals surface area (Å²) in [7, 11) is 0. The number of H-pyrrole nitrogens is 1. The SMILES string of the molecule is NCC1=C(Cc2cn[nH]n2)c2ccccc2C1N1C[C@H]2CN(C(=O)OCc3cc(Cl)cc(Cl)c3)C[C@H]2C1. The van der Waals surface area contributed by atoms with Crippen molar-refractivity contribution in [1.29, 1.82) is 0 Å². The zero-order chi connectivity index (χ0) is 25.5. The second-order valence-corrected chi connectivity index (χ2v) is 10.9. The van der Waals surface area contributed by atoms with Gasteiger partial charge < -0.3 is 15.4 Å². The molecule has 3 atom stereocenters. The van der Waals surface area contributed by atoms with E-state index in [0.29, 0.717) is 47.9 Å². The summed E-state index contributed by atoms with van der Waals surface area (Å²) in [6.07, 6.45) is 2.18. The predicted molar refractivity (Wildman–Crippen MR) is 142 cm³/mol. The number of amides is 1. The monoisotopic (exact) mass is 538 g/mol. The van der Waals surface area contributed by atoms with Gasteiger partial charge in [-0.15, -0.1) is 0 Å². The van der Waals surface area contributed by atoms with Gasteiger partial charge in [0, 0.05) is 49.2 Å². The van der Waals surface area contributed by atoms with Crippen molar-refractivity contribution in [3.63, 3.8) is 0 Å². The summed E-state index contributed by atoms with van der Waals surface area (Å²) in [5.74, 6) is 0.804. The number of aromatic amines is 1. The van der Waals surface area contributed by atoms with Crippen molar-refractivity contribution < 1.29 is 9.53 Å². The smallest absolute Gasteiger partial charge is 0.410 e. The van der Waals surface area contributed by atoms with Gasteiger partial charge in [-0.3, -0.25) is 4.90 Å². The Kier molecular flexibility index (Phi) is 6.67. The van der Waals surface area contributed by atoms with Crippen LogP contribution in [-0.2, 0) is 17.8 Å². The minimum absolute atomic E-state index is 0.148. The lowest BCUT2D eigenvalue weighted by molar-refractivity contribution is 0.0991. The molecule has 37 heavy (non-hydrogen) atoms. The van der Waals surface area contributed by atoms with E-state index in [4.69, 9.17) is 33.7 Å². The lowest BCUT2D eigenvalue weighted by atomic mass is 10.0. The van der Waals surface area contributed by atoms with Crippen LogP contribution in [0.15, 0.2) is 54.2 Å². The Bertz CT molecular complexity index is 1310. The van der Waals surface area contributed by atoms with Crippen LogP contribution in [0.5, 0.6) is 0 Å². The van der Waals surface area contributed by atoms with E-state index in [9.17, 15) is 4.79 Å². The quantitative estimate of drug-likeness (QED) is 0.484. The number of carbonyl (C=O) groups excluding carboxylic acids is 1. The molecule has 1 amide bonds. The molecule has 6 rings (SSSR count). The Morgan fingerprint density at radius 2 is 1.81 bits per heavy atom. The number of rotatable bonds is 6. The summed E-state index contributed by atoms with van der Waals surface area (Å²) in [4.78, 5) is 17.2. The minimum Gasteiger partial charge on any atom is -0.445 e. The average Bonchev–Trinajstić information content (AvgIpc) is 3.65. The van der Waals surface area contributed by atoms with Gasteiger partial charge in [0.15, 0.2) is 0 Å². The first kappa shape index (κ1) is 24.4. The van der Waals surface area contributed by atoms with E-state index in [1.54, 1.807) is 24.4 Å². The summed E-state index contributed by atoms with van der Waals surface area (Å²) in [6.45, 7) is 3.85. The van der Waals surface area contributed by atoms with Gasteiger partial charge in [-0.2, -0.15) is 15.4 Å². The van der Waals surface area contributed by atoms with Crippen LogP contribution < -0.4 is 5.73 Å². The van der Waals surface area contributed by atoms with Crippen LogP contribution >= 0.6 is 23.2 Å². The molecule has 0 saturated carbocycles. The highest BCUT2D eigenvalue weighted by atomic mass is 35.5. The molecule has 3 aliphatic rings. The van der Waals surface area contributed by atoms with E-state index in [0.717, 1.165) is 24.3 Å². The second-order valence-electron chi connectivity index (χ2n) is 10.0. The maximum atomic E-state index is 12.8. The predicted octanol–water partition coefficient (Wildman–Crippen LogP) is 4.32. The first-order valence-corrected chi connectivity index (χ1v) is 13.2. The van der Waals surface area contributed by atoms with E-state index < -0.39 is 0 Å². The molecule has 0 bridgehead atoms. The molecule has 10 heteroatoms. The number of aromatic nitrogens is 3. The van der Waals surface area contributed by atoms with Crippen molar-refractivity contribution in [2.45, 2.75) is 19.1 Å². The number of hydrogen-bond acceptors (Lipinski definition) is 6. The Morgan fingerprint density at radius 1 is 1.08 bits per heavy atom. The van der Waals surface area contributed by atoms with Gasteiger partial charge in [-0.05, 0) is 57.9 Å². The van der Waals surface area contributed by atoms with Crippen LogP contribution in [0.4, 0.5) is 4.79 Å². The van der Waals surface area contributed by atoms with Crippen molar-refractivity contribution in [2.24, 2.45) is 17.6 Å². The second kappa shape index (κ2) is 10.1. The van der Waals surface area contributed by atoms with Crippen molar-refractivity contribution in [3.8, 4) is 0 Å². The number of ether oxygens (including phenoxy) is 1. The summed E-state index contributed by atoms with van der Waals surface area (Å²) < 4.78 is 5.58. The van der Waals surface area contributed by atoms with Crippen LogP contribution in [0.2, 0.25) is 10.0 Å². The third kappa shape index (κ3) is 4.75. The van der Waals surface area contributed by atoms with Gasteiger partial charge >= 0.3 is 6.09 Å². The Hall–Kier alpha value is -2.91. The molecular weight excluding hydrogens is 511 g/mol. The van der Waals surface area contributed by atoms with E-state index in [1.807, 2.05) is 4.90 Å². The van der Waals surface area contributed by atoms with Gasteiger partial charge in [-0.25, -0.2) is 4.79 Å². The molecule has 3 N–H and O–H groups in total. The number of fused-ring (bicyclic) bond motifs is 2. The molecule has 3 aromatic rings. The third-order valence-electron chi connectivity index (χ3n) is 7.76. The normalized spacial score (nSPS) is 23.0. The van der Waals surface area contributed by atoms with Gasteiger partial charge in [-0.1, -0.05) is 47.5 Å². The van der Waals surface area contributed by atoms with Gasteiger partial charge in [0.25, 0.3) is 0 Å². The van der Waals surface area contributed by atoms with E-state index >= 15 is 0 Å². The van der Waals surface area contributed by atoms with Crippen LogP contribution in [0.25, 0.3) is 5.57 Å². The maximum Gasteiger partial charge on any atom is 0.410 e. The zero-order valence-electron chi connectivity index (χ0n) is 20.2. The number of nitrogens with one attached hydrogen (secondary N) is 1. The van der Waals surface area contributed by atoms with Crippen molar-refractivity contribution >= 4 is 34.9 Å². The van der Waals surface area contributed by atoms with Crippen LogP contribution in [-0.4, -0.2) is 64.0 Å². The fourth-order valence-corrected chi connectivity index (χ4v) is 6.78. The number of halogens is 2. The number of nitrogens with zero attached hydrogens (tertiary/aromatic N) is 4. The lowest BCUT2D eigenvalue weighted by Gasteiger charge is -2.29. The summed E-state index contributed by atoms with van der Waals surface area (Å²) >= 11 is 12.1. The highest BCUT2D eigenvalue weighted by molar-refractivity contribution is 6.34. The van der Waals surface area contributed by atoms with Crippen molar-refractivity contribution in [3.05, 3.63) is 86.7 Å². The molecule has 0 radical (unpaired) electrons. The summed E-state index contributed by atoms with van der Waals surface area (Å²) in [5, 5.41) is 12.0. The first-order valence-electron chi connectivity index (χ1n) is 12.5. The zero-order valence-corrected chi connectivity index (χ0v) is 21.8. The Balaban J connectivity index is 1.13. The number of allylic oxidation sites excluding steroid dienone is 1. The molecule has 1 aromatic heterocycles. The highest BCUT2D eigenvalue weighted by Gasteiger charge is 2.46. The van der Waals surface area contributed by atoms with Gasteiger partial charge in [0.05, 0.1) is 17.9 Å². The van der Waals surface area contributed by atoms with Crippen LogP contribution in [0.1, 0.15) is 28.4 Å². The standard InChI is InChI=1S/C27H28Cl2N6O2/c28-19-5-16(6-20(29)7-19)15-37-27(36)35-13-17-11-34(12-18(17)14-35)26-23-4-2-1-3-22(23)24(25(26)9-30)8-21-10-31-33-32-21/h1-7,10,17-18,26H,8-9,11-15,30H2,(H,31,32,33)/t17-,18+,26?. The number of nitrogens with two attached hydrogens (primary N) is 1. The van der Waals surface area contributed by atoms with Crippen molar-refractivity contribution in [2.75, 3.05) is 32.7 Å². The third-order valence-corrected chi connectivity index (χ3v) is 8.20.